The van der Waals surface area contributed by atoms with E-state index in [-0.39, 0.29) is 11.5 Å². The summed E-state index contributed by atoms with van der Waals surface area (Å²) < 4.78 is 5.70. The lowest BCUT2D eigenvalue weighted by Gasteiger charge is -2.35. The number of hydrogen-bond acceptors (Lipinski definition) is 4. The molecular formula is C23H23N3O3. The van der Waals surface area contributed by atoms with Gasteiger partial charge in [-0.05, 0) is 42.5 Å². The van der Waals surface area contributed by atoms with Gasteiger partial charge < -0.3 is 19.5 Å². The van der Waals surface area contributed by atoms with E-state index in [1.54, 1.807) is 24.3 Å². The Morgan fingerprint density at radius 2 is 1.79 bits per heavy atom. The van der Waals surface area contributed by atoms with Crippen LogP contribution in [-0.4, -0.2) is 48.6 Å². The second kappa shape index (κ2) is 8.65. The zero-order chi connectivity index (χ0) is 20.1. The molecule has 0 unspecified atom stereocenters. The maximum Gasteiger partial charge on any atom is 0.248 e. The van der Waals surface area contributed by atoms with Gasteiger partial charge in [0.05, 0.1) is 0 Å². The lowest BCUT2D eigenvalue weighted by molar-refractivity contribution is -0.126. The molecule has 4 rings (SSSR count). The highest BCUT2D eigenvalue weighted by Gasteiger charge is 2.19. The van der Waals surface area contributed by atoms with Gasteiger partial charge in [-0.2, -0.15) is 0 Å². The summed E-state index contributed by atoms with van der Waals surface area (Å²) in [6, 6.07) is 19.0. The number of benzene rings is 2. The monoisotopic (exact) mass is 389 g/mol. The van der Waals surface area contributed by atoms with Crippen LogP contribution in [0.3, 0.4) is 0 Å². The van der Waals surface area contributed by atoms with E-state index in [0.29, 0.717) is 25.4 Å². The van der Waals surface area contributed by atoms with Gasteiger partial charge in [-0.3, -0.25) is 9.59 Å². The Kier molecular flexibility index (Phi) is 5.61. The number of aromatic nitrogens is 1. The second-order valence-corrected chi connectivity index (χ2v) is 6.93. The van der Waals surface area contributed by atoms with Crippen LogP contribution in [-0.2, 0) is 4.79 Å². The SMILES string of the molecule is O=C(/C=C/COc1ccc2[nH]c(=O)ccc2c1)N1CCN(c2ccccc2)CC1. The molecule has 0 radical (unpaired) electrons. The van der Waals surface area contributed by atoms with Crippen molar-refractivity contribution in [3.8, 4) is 5.75 Å². The van der Waals surface area contributed by atoms with Gasteiger partial charge in [0.2, 0.25) is 11.5 Å². The Hall–Kier alpha value is -3.54. The number of fused-ring (bicyclic) bond motifs is 1. The molecule has 1 aliphatic rings. The molecule has 0 saturated carbocycles. The molecule has 1 N–H and O–H groups in total. The van der Waals surface area contributed by atoms with Crippen LogP contribution in [0.2, 0.25) is 0 Å². The summed E-state index contributed by atoms with van der Waals surface area (Å²) in [4.78, 5) is 30.6. The highest BCUT2D eigenvalue weighted by atomic mass is 16.5. The van der Waals surface area contributed by atoms with Crippen molar-refractivity contribution >= 4 is 22.5 Å². The number of hydrogen-bond donors (Lipinski definition) is 1. The summed E-state index contributed by atoms with van der Waals surface area (Å²) in [7, 11) is 0. The minimum atomic E-state index is -0.128. The molecule has 1 saturated heterocycles. The smallest absolute Gasteiger partial charge is 0.248 e. The van der Waals surface area contributed by atoms with Crippen molar-refractivity contribution in [2.45, 2.75) is 0 Å². The fourth-order valence-corrected chi connectivity index (χ4v) is 3.44. The van der Waals surface area contributed by atoms with E-state index in [1.165, 1.54) is 11.8 Å². The van der Waals surface area contributed by atoms with Crippen LogP contribution in [0.5, 0.6) is 5.75 Å². The van der Waals surface area contributed by atoms with Gasteiger partial charge in [0, 0.05) is 54.9 Å². The van der Waals surface area contributed by atoms with Crippen LogP contribution in [0.15, 0.2) is 77.6 Å². The van der Waals surface area contributed by atoms with Gasteiger partial charge in [-0.15, -0.1) is 0 Å². The summed E-state index contributed by atoms with van der Waals surface area (Å²) >= 11 is 0. The van der Waals surface area contributed by atoms with Crippen molar-refractivity contribution in [1.82, 2.24) is 9.88 Å². The van der Waals surface area contributed by atoms with Crippen LogP contribution in [0, 0.1) is 0 Å². The van der Waals surface area contributed by atoms with Gasteiger partial charge in [0.1, 0.15) is 12.4 Å². The number of para-hydroxylation sites is 1. The van der Waals surface area contributed by atoms with E-state index in [1.807, 2.05) is 35.2 Å². The predicted molar refractivity (Wildman–Crippen MR) is 114 cm³/mol. The lowest BCUT2D eigenvalue weighted by Crippen LogP contribution is -2.48. The summed E-state index contributed by atoms with van der Waals surface area (Å²) in [5.74, 6) is 0.704. The first-order valence-corrected chi connectivity index (χ1v) is 9.70. The van der Waals surface area contributed by atoms with Gasteiger partial charge in [-0.1, -0.05) is 18.2 Å². The fourth-order valence-electron chi connectivity index (χ4n) is 3.44. The molecule has 0 aliphatic carbocycles. The zero-order valence-corrected chi connectivity index (χ0v) is 16.1. The van der Waals surface area contributed by atoms with Gasteiger partial charge >= 0.3 is 0 Å². The average molecular weight is 389 g/mol. The number of H-pyrrole nitrogens is 1. The standard InChI is InChI=1S/C23H23N3O3/c27-22-11-8-18-17-20(9-10-21(18)24-22)29-16-4-7-23(28)26-14-12-25(13-15-26)19-5-2-1-3-6-19/h1-11,17H,12-16H2,(H,24,27)/b7-4+. The topological polar surface area (TPSA) is 65.6 Å². The molecule has 0 bridgehead atoms. The van der Waals surface area contributed by atoms with Crippen LogP contribution < -0.4 is 15.2 Å². The van der Waals surface area contributed by atoms with E-state index in [9.17, 15) is 9.59 Å². The molecule has 29 heavy (non-hydrogen) atoms. The number of nitrogens with one attached hydrogen (secondary N) is 1. The molecule has 0 atom stereocenters. The van der Waals surface area contributed by atoms with Crippen LogP contribution in [0.25, 0.3) is 10.9 Å². The van der Waals surface area contributed by atoms with Crippen molar-refractivity contribution in [3.05, 3.63) is 83.2 Å². The first-order valence-electron chi connectivity index (χ1n) is 9.70. The number of anilines is 1. The Morgan fingerprint density at radius 3 is 2.59 bits per heavy atom. The molecular weight excluding hydrogens is 366 g/mol. The summed E-state index contributed by atoms with van der Waals surface area (Å²) in [6.07, 6.45) is 3.32. The largest absolute Gasteiger partial charge is 0.490 e. The molecule has 1 aromatic heterocycles. The highest BCUT2D eigenvalue weighted by Crippen LogP contribution is 2.18. The number of piperazine rings is 1. The van der Waals surface area contributed by atoms with E-state index < -0.39 is 0 Å². The highest BCUT2D eigenvalue weighted by molar-refractivity contribution is 5.87. The Bertz CT molecular complexity index is 1070. The van der Waals surface area contributed by atoms with Crippen molar-refractivity contribution in [2.75, 3.05) is 37.7 Å². The van der Waals surface area contributed by atoms with E-state index >= 15 is 0 Å². The third-order valence-electron chi connectivity index (χ3n) is 5.01. The van der Waals surface area contributed by atoms with Gasteiger partial charge in [-0.25, -0.2) is 0 Å². The Balaban J connectivity index is 1.26. The molecule has 148 valence electrons. The van der Waals surface area contributed by atoms with Gasteiger partial charge in [0.15, 0.2) is 0 Å². The third-order valence-corrected chi connectivity index (χ3v) is 5.01. The number of amides is 1. The quantitative estimate of drug-likeness (QED) is 0.682. The number of carbonyl (C=O) groups is 1. The maximum absolute atomic E-state index is 12.4. The first kappa shape index (κ1) is 18.8. The summed E-state index contributed by atoms with van der Waals surface area (Å²) in [5, 5.41) is 0.901. The molecule has 1 amide bonds. The number of rotatable bonds is 5. The molecule has 6 heteroatoms. The molecule has 2 heterocycles. The Labute approximate surface area is 169 Å². The molecule has 2 aromatic carbocycles. The van der Waals surface area contributed by atoms with E-state index in [2.05, 4.69) is 22.0 Å². The van der Waals surface area contributed by atoms with Crippen molar-refractivity contribution in [1.29, 1.82) is 0 Å². The number of ether oxygens (including phenoxy) is 1. The van der Waals surface area contributed by atoms with Gasteiger partial charge in [0.25, 0.3) is 0 Å². The Morgan fingerprint density at radius 1 is 1.00 bits per heavy atom. The zero-order valence-electron chi connectivity index (χ0n) is 16.1. The molecule has 0 spiro atoms. The van der Waals surface area contributed by atoms with Crippen molar-refractivity contribution in [3.63, 3.8) is 0 Å². The molecule has 6 nitrogen and oxygen atoms in total. The minimum absolute atomic E-state index is 0.0115. The third kappa shape index (κ3) is 4.66. The number of pyridine rings is 1. The first-order chi connectivity index (χ1) is 14.2. The fraction of sp³-hybridized carbons (Fsp3) is 0.217. The maximum atomic E-state index is 12.4. The molecule has 3 aromatic rings. The van der Waals surface area contributed by atoms with Crippen LogP contribution in [0.4, 0.5) is 5.69 Å². The molecule has 1 fully saturated rings. The average Bonchev–Trinajstić information content (AvgIpc) is 2.77. The van der Waals surface area contributed by atoms with E-state index in [0.717, 1.165) is 24.0 Å². The number of aromatic amines is 1. The van der Waals surface area contributed by atoms with Crippen molar-refractivity contribution in [2.24, 2.45) is 0 Å². The lowest BCUT2D eigenvalue weighted by atomic mass is 10.2. The van der Waals surface area contributed by atoms with Crippen molar-refractivity contribution < 1.29 is 9.53 Å². The normalized spacial score (nSPS) is 14.5. The minimum Gasteiger partial charge on any atom is -0.490 e. The van der Waals surface area contributed by atoms with E-state index in [4.69, 9.17) is 4.74 Å². The molecule has 1 aliphatic heterocycles. The predicted octanol–water partition coefficient (Wildman–Crippen LogP) is 2.81. The van der Waals surface area contributed by atoms with Crippen LogP contribution >= 0.6 is 0 Å². The number of carbonyl (C=O) groups excluding carboxylic acids is 1. The van der Waals surface area contributed by atoms with Crippen LogP contribution in [0.1, 0.15) is 0 Å². The second-order valence-electron chi connectivity index (χ2n) is 6.93. The summed E-state index contributed by atoms with van der Waals surface area (Å²) in [6.45, 7) is 3.40. The number of nitrogens with zero attached hydrogens (tertiary/aromatic N) is 2. The summed E-state index contributed by atoms with van der Waals surface area (Å²) in [5.41, 5.74) is 1.84.